The van der Waals surface area contributed by atoms with Crippen molar-refractivity contribution in [3.8, 4) is 0 Å². The van der Waals surface area contributed by atoms with E-state index in [1.54, 1.807) is 12.1 Å². The van der Waals surface area contributed by atoms with Gasteiger partial charge in [0, 0.05) is 11.9 Å². The van der Waals surface area contributed by atoms with Gasteiger partial charge in [-0.2, -0.15) is 0 Å². The maximum atomic E-state index is 11.3. The Bertz CT molecular complexity index is 661. The summed E-state index contributed by atoms with van der Waals surface area (Å²) in [6.07, 6.45) is 4.85. The van der Waals surface area contributed by atoms with E-state index < -0.39 is 5.97 Å². The lowest BCUT2D eigenvalue weighted by Crippen LogP contribution is -2.17. The summed E-state index contributed by atoms with van der Waals surface area (Å²) < 4.78 is 0. The number of hydrogen-bond donors (Lipinski definition) is 1. The molecule has 0 unspecified atom stereocenters. The largest absolute Gasteiger partial charge is 0.478 e. The monoisotopic (exact) mass is 251 g/mol. The van der Waals surface area contributed by atoms with Crippen LogP contribution in [-0.2, 0) is 6.42 Å². The molecule has 0 amide bonds. The molecule has 3 nitrogen and oxygen atoms in total. The molecule has 1 aliphatic rings. The molecule has 1 aliphatic heterocycles. The van der Waals surface area contributed by atoms with E-state index in [2.05, 4.69) is 6.07 Å². The van der Waals surface area contributed by atoms with E-state index in [1.165, 1.54) is 5.56 Å². The van der Waals surface area contributed by atoms with E-state index in [0.717, 1.165) is 12.1 Å². The molecule has 1 heterocycles. The number of allylic oxidation sites excluding steroid dienone is 1. The summed E-state index contributed by atoms with van der Waals surface area (Å²) in [6, 6.07) is 15.1. The Morgan fingerprint density at radius 3 is 2.47 bits per heavy atom. The molecule has 3 heteroatoms. The number of para-hydroxylation sites is 2. The van der Waals surface area contributed by atoms with Gasteiger partial charge in [0.1, 0.15) is 0 Å². The van der Waals surface area contributed by atoms with Crippen molar-refractivity contribution in [1.29, 1.82) is 0 Å². The fraction of sp³-hybridized carbons (Fsp3) is 0.0625. The zero-order chi connectivity index (χ0) is 13.2. The van der Waals surface area contributed by atoms with Gasteiger partial charge in [-0.15, -0.1) is 0 Å². The van der Waals surface area contributed by atoms with Crippen molar-refractivity contribution in [3.05, 3.63) is 71.9 Å². The number of carboxylic acids is 1. The van der Waals surface area contributed by atoms with Gasteiger partial charge in [0.05, 0.1) is 11.3 Å². The van der Waals surface area contributed by atoms with Crippen molar-refractivity contribution >= 4 is 17.3 Å². The maximum Gasteiger partial charge on any atom is 0.337 e. The third-order valence-corrected chi connectivity index (χ3v) is 3.24. The summed E-state index contributed by atoms with van der Waals surface area (Å²) in [5.41, 5.74) is 3.24. The topological polar surface area (TPSA) is 40.5 Å². The van der Waals surface area contributed by atoms with Gasteiger partial charge in [0.25, 0.3) is 0 Å². The van der Waals surface area contributed by atoms with E-state index >= 15 is 0 Å². The second-order valence-electron chi connectivity index (χ2n) is 4.41. The molecule has 19 heavy (non-hydrogen) atoms. The number of nitrogens with zero attached hydrogens (tertiary/aromatic N) is 1. The molecule has 2 aromatic rings. The van der Waals surface area contributed by atoms with E-state index in [1.807, 2.05) is 47.5 Å². The second kappa shape index (κ2) is 4.61. The average Bonchev–Trinajstić information content (AvgIpc) is 2.46. The van der Waals surface area contributed by atoms with E-state index in [-0.39, 0.29) is 0 Å². The molecule has 0 saturated heterocycles. The molecule has 1 N–H and O–H groups in total. The zero-order valence-corrected chi connectivity index (χ0v) is 10.3. The molecule has 3 rings (SSSR count). The average molecular weight is 251 g/mol. The van der Waals surface area contributed by atoms with Crippen molar-refractivity contribution in [3.63, 3.8) is 0 Å². The Morgan fingerprint density at radius 1 is 1.00 bits per heavy atom. The smallest absolute Gasteiger partial charge is 0.337 e. The van der Waals surface area contributed by atoms with Crippen LogP contribution in [0.15, 0.2) is 60.8 Å². The number of carbonyl (C=O) groups is 1. The van der Waals surface area contributed by atoms with Crippen molar-refractivity contribution in [2.45, 2.75) is 6.42 Å². The summed E-state index contributed by atoms with van der Waals surface area (Å²) in [5, 5.41) is 9.29. The Morgan fingerprint density at radius 2 is 1.68 bits per heavy atom. The van der Waals surface area contributed by atoms with Crippen LogP contribution in [0.1, 0.15) is 15.9 Å². The Balaban J connectivity index is 2.15. The number of carboxylic acid groups (broad SMARTS) is 1. The minimum Gasteiger partial charge on any atom is -0.478 e. The highest BCUT2D eigenvalue weighted by Crippen LogP contribution is 2.34. The fourth-order valence-electron chi connectivity index (χ4n) is 2.36. The first-order valence-corrected chi connectivity index (χ1v) is 6.13. The minimum absolute atomic E-state index is 0.309. The third-order valence-electron chi connectivity index (χ3n) is 3.24. The van der Waals surface area contributed by atoms with Crippen LogP contribution < -0.4 is 4.90 Å². The van der Waals surface area contributed by atoms with Crippen LogP contribution in [0.5, 0.6) is 0 Å². The zero-order valence-electron chi connectivity index (χ0n) is 10.3. The van der Waals surface area contributed by atoms with Crippen LogP contribution in [0.25, 0.3) is 0 Å². The van der Waals surface area contributed by atoms with Crippen molar-refractivity contribution in [2.24, 2.45) is 0 Å². The molecule has 0 spiro atoms. The molecule has 0 aromatic heterocycles. The predicted molar refractivity (Wildman–Crippen MR) is 74.8 cm³/mol. The molecular weight excluding hydrogens is 238 g/mol. The first kappa shape index (κ1) is 11.5. The first-order valence-electron chi connectivity index (χ1n) is 6.13. The molecule has 0 radical (unpaired) electrons. The minimum atomic E-state index is -0.910. The second-order valence-corrected chi connectivity index (χ2v) is 4.41. The van der Waals surface area contributed by atoms with Crippen LogP contribution in [0.4, 0.5) is 11.4 Å². The Hall–Kier alpha value is -2.55. The standard InChI is InChI=1S/C16H13NO2/c18-16(19)13-8-2-4-10-15(13)17-11-5-7-12-6-1-3-9-14(12)17/h1-6,8-11H,7H2,(H,18,19). The van der Waals surface area contributed by atoms with E-state index in [4.69, 9.17) is 0 Å². The van der Waals surface area contributed by atoms with Crippen molar-refractivity contribution in [1.82, 2.24) is 0 Å². The summed E-state index contributed by atoms with van der Waals surface area (Å²) in [6.45, 7) is 0. The third kappa shape index (κ3) is 1.99. The van der Waals surface area contributed by atoms with Crippen LogP contribution >= 0.6 is 0 Å². The number of anilines is 2. The van der Waals surface area contributed by atoms with Crippen LogP contribution in [0, 0.1) is 0 Å². The quantitative estimate of drug-likeness (QED) is 0.886. The lowest BCUT2D eigenvalue weighted by molar-refractivity contribution is 0.0698. The Kier molecular flexibility index (Phi) is 2.80. The van der Waals surface area contributed by atoms with E-state index in [9.17, 15) is 9.90 Å². The molecule has 2 aromatic carbocycles. The summed E-state index contributed by atoms with van der Waals surface area (Å²) in [5.74, 6) is -0.910. The number of rotatable bonds is 2. The van der Waals surface area contributed by atoms with Gasteiger partial charge in [-0.25, -0.2) is 4.79 Å². The van der Waals surface area contributed by atoms with Gasteiger partial charge in [0.15, 0.2) is 0 Å². The highest BCUT2D eigenvalue weighted by molar-refractivity contribution is 5.96. The van der Waals surface area contributed by atoms with Gasteiger partial charge < -0.3 is 10.0 Å². The summed E-state index contributed by atoms with van der Waals surface area (Å²) >= 11 is 0. The molecule has 0 fully saturated rings. The van der Waals surface area contributed by atoms with Crippen molar-refractivity contribution < 1.29 is 9.90 Å². The molecular formula is C16H13NO2. The number of fused-ring (bicyclic) bond motifs is 1. The van der Waals surface area contributed by atoms with Crippen LogP contribution in [0.2, 0.25) is 0 Å². The van der Waals surface area contributed by atoms with Crippen LogP contribution in [0.3, 0.4) is 0 Å². The van der Waals surface area contributed by atoms with Gasteiger partial charge in [-0.05, 0) is 30.2 Å². The van der Waals surface area contributed by atoms with Gasteiger partial charge in [-0.3, -0.25) is 0 Å². The number of hydrogen-bond acceptors (Lipinski definition) is 2. The first-order chi connectivity index (χ1) is 9.27. The SMILES string of the molecule is O=C(O)c1ccccc1N1C=CCc2ccccc21. The number of benzene rings is 2. The maximum absolute atomic E-state index is 11.3. The molecule has 0 saturated carbocycles. The lowest BCUT2D eigenvalue weighted by atomic mass is 10.0. The molecule has 94 valence electrons. The van der Waals surface area contributed by atoms with Crippen molar-refractivity contribution in [2.75, 3.05) is 4.90 Å². The van der Waals surface area contributed by atoms with Gasteiger partial charge in [0.2, 0.25) is 0 Å². The molecule has 0 atom stereocenters. The predicted octanol–water partition coefficient (Wildman–Crippen LogP) is 3.59. The summed E-state index contributed by atoms with van der Waals surface area (Å²) in [4.78, 5) is 13.3. The molecule has 0 bridgehead atoms. The fourth-order valence-corrected chi connectivity index (χ4v) is 2.36. The van der Waals surface area contributed by atoms with Gasteiger partial charge >= 0.3 is 5.97 Å². The number of aromatic carboxylic acids is 1. The lowest BCUT2D eigenvalue weighted by Gasteiger charge is -2.27. The normalized spacial score (nSPS) is 13.2. The highest BCUT2D eigenvalue weighted by atomic mass is 16.4. The van der Waals surface area contributed by atoms with Gasteiger partial charge in [-0.1, -0.05) is 36.4 Å². The van der Waals surface area contributed by atoms with E-state index in [0.29, 0.717) is 11.3 Å². The highest BCUT2D eigenvalue weighted by Gasteiger charge is 2.18. The summed E-state index contributed by atoms with van der Waals surface area (Å²) in [7, 11) is 0. The Labute approximate surface area is 111 Å². The van der Waals surface area contributed by atoms with Crippen LogP contribution in [-0.4, -0.2) is 11.1 Å². The molecule has 0 aliphatic carbocycles.